The average molecular weight is 469 g/mol. The minimum Gasteiger partial charge on any atom is -0.404 e. The van der Waals surface area contributed by atoms with Crippen LogP contribution in [-0.2, 0) is 0 Å². The van der Waals surface area contributed by atoms with E-state index in [9.17, 15) is 4.39 Å². The summed E-state index contributed by atoms with van der Waals surface area (Å²) in [6.45, 7) is 6.27. The van der Waals surface area contributed by atoms with Gasteiger partial charge < -0.3 is 10.6 Å². The number of rotatable bonds is 7. The lowest BCUT2D eigenvalue weighted by molar-refractivity contribution is 0.412. The molecule has 178 valence electrons. The second-order valence-electron chi connectivity index (χ2n) is 8.53. The van der Waals surface area contributed by atoms with Crippen molar-refractivity contribution in [2.24, 2.45) is 15.7 Å². The van der Waals surface area contributed by atoms with Crippen LogP contribution in [0.3, 0.4) is 0 Å². The molecule has 7 heteroatoms. The summed E-state index contributed by atoms with van der Waals surface area (Å²) < 4.78 is 14.6. The highest BCUT2D eigenvalue weighted by Gasteiger charge is 2.18. The molecule has 0 aliphatic carbocycles. The monoisotopic (exact) mass is 468 g/mol. The smallest absolute Gasteiger partial charge is 0.160 e. The molecule has 1 unspecified atom stereocenters. The minimum atomic E-state index is -0.344. The fraction of sp³-hybridized carbons (Fsp3) is 0.214. The first kappa shape index (κ1) is 24.2. The van der Waals surface area contributed by atoms with Crippen LogP contribution in [0.5, 0.6) is 0 Å². The number of hydrogen-bond acceptors (Lipinski definition) is 6. The van der Waals surface area contributed by atoms with Gasteiger partial charge in [0, 0.05) is 60.5 Å². The number of hydrogen-bond donors (Lipinski definition) is 1. The summed E-state index contributed by atoms with van der Waals surface area (Å²) in [7, 11) is 3.80. The second-order valence-corrected chi connectivity index (χ2v) is 8.53. The van der Waals surface area contributed by atoms with Gasteiger partial charge in [0.15, 0.2) is 5.65 Å². The number of fused-ring (bicyclic) bond motifs is 1. The van der Waals surface area contributed by atoms with Crippen LogP contribution in [-0.4, -0.2) is 60.5 Å². The summed E-state index contributed by atoms with van der Waals surface area (Å²) in [6, 6.07) is 12.4. The Morgan fingerprint density at radius 1 is 1.20 bits per heavy atom. The highest BCUT2D eigenvalue weighted by molar-refractivity contribution is 6.02. The molecule has 0 radical (unpaired) electrons. The number of aliphatic imine (C=N–C) groups is 2. The van der Waals surface area contributed by atoms with Crippen LogP contribution in [0.1, 0.15) is 12.0 Å². The van der Waals surface area contributed by atoms with E-state index in [0.29, 0.717) is 22.5 Å². The van der Waals surface area contributed by atoms with E-state index in [-0.39, 0.29) is 11.9 Å². The molecule has 1 atom stereocenters. The molecule has 0 amide bonds. The van der Waals surface area contributed by atoms with E-state index in [1.165, 1.54) is 12.3 Å². The Bertz CT molecular complexity index is 1350. The van der Waals surface area contributed by atoms with E-state index in [1.54, 1.807) is 37.7 Å². The van der Waals surface area contributed by atoms with E-state index in [4.69, 9.17) is 10.7 Å². The molecule has 1 aromatic carbocycles. The van der Waals surface area contributed by atoms with Crippen LogP contribution in [0.15, 0.2) is 88.6 Å². The Morgan fingerprint density at radius 3 is 2.74 bits per heavy atom. The van der Waals surface area contributed by atoms with Crippen LogP contribution in [0.4, 0.5) is 4.39 Å². The summed E-state index contributed by atoms with van der Waals surface area (Å²) in [5, 5.41) is 0.822. The predicted molar refractivity (Wildman–Crippen MR) is 143 cm³/mol. The number of nitrogens with zero attached hydrogens (tertiary/aromatic N) is 5. The highest BCUT2D eigenvalue weighted by Crippen LogP contribution is 2.30. The number of pyridine rings is 2. The van der Waals surface area contributed by atoms with Gasteiger partial charge in [0.1, 0.15) is 5.82 Å². The van der Waals surface area contributed by atoms with Crippen molar-refractivity contribution in [1.29, 1.82) is 0 Å². The van der Waals surface area contributed by atoms with Gasteiger partial charge in [-0.05, 0) is 67.6 Å². The lowest BCUT2D eigenvalue weighted by Crippen LogP contribution is -2.15. The quantitative estimate of drug-likeness (QED) is 0.403. The molecular weight excluding hydrogens is 439 g/mol. The lowest BCUT2D eigenvalue weighted by Gasteiger charge is -2.12. The standard InChI is InChI=1S/C28H29FN6/c1-19(13-20(16-31-2)21(15-30)17-33-22-10-12-35(3)18-22)25-14-27(24-7-4-5-9-26(24)29)34-28-23(25)8-6-11-32-28/h4-9,11,13-17,22H,1,10,12,18,30H2,2-3H3/b20-13+,21-15?,31-16?,33-17?. The molecule has 35 heavy (non-hydrogen) atoms. The molecule has 0 bridgehead atoms. The fourth-order valence-corrected chi connectivity index (χ4v) is 4.16. The van der Waals surface area contributed by atoms with E-state index < -0.39 is 0 Å². The zero-order valence-corrected chi connectivity index (χ0v) is 20.0. The van der Waals surface area contributed by atoms with E-state index in [0.717, 1.165) is 41.6 Å². The third-order valence-electron chi connectivity index (χ3n) is 5.98. The Hall–Kier alpha value is -3.97. The SMILES string of the molecule is C=C(/C=C(\C=NC)C(C=NC1CCN(C)C1)=CN)c1cc(-c2ccccc2F)nc2ncccc12. The number of halogens is 1. The summed E-state index contributed by atoms with van der Waals surface area (Å²) in [4.78, 5) is 20.2. The summed E-state index contributed by atoms with van der Waals surface area (Å²) in [5.41, 5.74) is 10.4. The van der Waals surface area contributed by atoms with Gasteiger partial charge in [0.2, 0.25) is 0 Å². The first-order chi connectivity index (χ1) is 17.0. The molecule has 1 fully saturated rings. The molecule has 0 spiro atoms. The van der Waals surface area contributed by atoms with Gasteiger partial charge in [0.25, 0.3) is 0 Å². The molecule has 0 saturated carbocycles. The van der Waals surface area contributed by atoms with E-state index >= 15 is 0 Å². The van der Waals surface area contributed by atoms with Gasteiger partial charge in [-0.15, -0.1) is 0 Å². The molecule has 2 N–H and O–H groups in total. The molecule has 1 saturated heterocycles. The van der Waals surface area contributed by atoms with Crippen molar-refractivity contribution in [2.45, 2.75) is 12.5 Å². The van der Waals surface area contributed by atoms with Gasteiger partial charge in [-0.2, -0.15) is 0 Å². The molecule has 3 aromatic rings. The zero-order valence-electron chi connectivity index (χ0n) is 20.0. The number of nitrogens with two attached hydrogens (primary N) is 1. The van der Waals surface area contributed by atoms with Crippen LogP contribution in [0.2, 0.25) is 0 Å². The fourth-order valence-electron chi connectivity index (χ4n) is 4.16. The predicted octanol–water partition coefficient (Wildman–Crippen LogP) is 4.69. The van der Waals surface area contributed by atoms with Crippen molar-refractivity contribution in [3.63, 3.8) is 0 Å². The number of benzene rings is 1. The normalized spacial score (nSPS) is 17.7. The zero-order chi connectivity index (χ0) is 24.8. The molecule has 1 aliphatic heterocycles. The molecule has 4 rings (SSSR count). The molecule has 1 aliphatic rings. The first-order valence-electron chi connectivity index (χ1n) is 11.5. The number of likely N-dealkylation sites (N-methyl/N-ethyl adjacent to an activating group) is 1. The molecule has 6 nitrogen and oxygen atoms in total. The van der Waals surface area contributed by atoms with Crippen molar-refractivity contribution in [1.82, 2.24) is 14.9 Å². The van der Waals surface area contributed by atoms with Crippen LogP contribution in [0, 0.1) is 5.82 Å². The van der Waals surface area contributed by atoms with Gasteiger partial charge >= 0.3 is 0 Å². The van der Waals surface area contributed by atoms with Gasteiger partial charge in [0.05, 0.1) is 11.7 Å². The summed E-state index contributed by atoms with van der Waals surface area (Å²) in [6.07, 6.45) is 9.67. The maximum atomic E-state index is 14.6. The van der Waals surface area contributed by atoms with Gasteiger partial charge in [-0.25, -0.2) is 14.4 Å². The third kappa shape index (κ3) is 5.58. The highest BCUT2D eigenvalue weighted by atomic mass is 19.1. The second kappa shape index (κ2) is 11.0. The Labute approximate surface area is 205 Å². The van der Waals surface area contributed by atoms with Crippen molar-refractivity contribution < 1.29 is 4.39 Å². The van der Waals surface area contributed by atoms with Gasteiger partial charge in [-0.1, -0.05) is 18.7 Å². The maximum Gasteiger partial charge on any atom is 0.160 e. The molecule has 2 aromatic heterocycles. The van der Waals surface area contributed by atoms with Crippen molar-refractivity contribution in [3.8, 4) is 11.3 Å². The van der Waals surface area contributed by atoms with Crippen molar-refractivity contribution in [3.05, 3.63) is 90.0 Å². The van der Waals surface area contributed by atoms with Crippen LogP contribution < -0.4 is 5.73 Å². The van der Waals surface area contributed by atoms with Gasteiger partial charge in [-0.3, -0.25) is 9.98 Å². The number of allylic oxidation sites excluding steroid dienone is 4. The number of aromatic nitrogens is 2. The third-order valence-corrected chi connectivity index (χ3v) is 5.98. The largest absolute Gasteiger partial charge is 0.404 e. The summed E-state index contributed by atoms with van der Waals surface area (Å²) in [5.74, 6) is -0.344. The van der Waals surface area contributed by atoms with Crippen LogP contribution in [0.25, 0.3) is 27.9 Å². The van der Waals surface area contributed by atoms with Crippen molar-refractivity contribution >= 4 is 29.0 Å². The Morgan fingerprint density at radius 2 is 2.03 bits per heavy atom. The Balaban J connectivity index is 1.75. The van der Waals surface area contributed by atoms with Crippen LogP contribution >= 0.6 is 0 Å². The average Bonchev–Trinajstić information content (AvgIpc) is 3.29. The molecule has 3 heterocycles. The minimum absolute atomic E-state index is 0.247. The first-order valence-corrected chi connectivity index (χ1v) is 11.5. The topological polar surface area (TPSA) is 79.8 Å². The van der Waals surface area contributed by atoms with E-state index in [2.05, 4.69) is 33.5 Å². The number of likely N-dealkylation sites (tertiary alicyclic amines) is 1. The van der Waals surface area contributed by atoms with E-state index in [1.807, 2.05) is 30.5 Å². The molecular formula is C28H29FN6. The lowest BCUT2D eigenvalue weighted by atomic mass is 9.97. The maximum absolute atomic E-state index is 14.6. The van der Waals surface area contributed by atoms with Crippen molar-refractivity contribution in [2.75, 3.05) is 27.2 Å². The Kier molecular flexibility index (Phi) is 7.57. The summed E-state index contributed by atoms with van der Waals surface area (Å²) >= 11 is 0.